The summed E-state index contributed by atoms with van der Waals surface area (Å²) in [4.78, 5) is 37.5. The number of rotatable bonds is 7. The van der Waals surface area contributed by atoms with Crippen LogP contribution in [0.2, 0.25) is 0 Å². The van der Waals surface area contributed by atoms with Crippen molar-refractivity contribution in [2.75, 3.05) is 13.2 Å². The minimum absolute atomic E-state index is 0.195. The molecule has 0 unspecified atom stereocenters. The maximum absolute atomic E-state index is 12.6. The number of ether oxygens (including phenoxy) is 2. The molecule has 0 spiro atoms. The number of aryl methyl sites for hydroxylation is 1. The Kier molecular flexibility index (Phi) is 8.39. The first-order chi connectivity index (χ1) is 14.8. The Labute approximate surface area is 212 Å². The van der Waals surface area contributed by atoms with Gasteiger partial charge in [0.05, 0.1) is 18.7 Å². The van der Waals surface area contributed by atoms with Gasteiger partial charge in [0, 0.05) is 0 Å². The van der Waals surface area contributed by atoms with Crippen molar-refractivity contribution in [2.24, 2.45) is 0 Å². The number of amides is 2. The summed E-state index contributed by atoms with van der Waals surface area (Å²) in [5, 5.41) is -0.480. The van der Waals surface area contributed by atoms with Gasteiger partial charge in [0.25, 0.3) is 11.1 Å². The minimum atomic E-state index is -0.606. The number of carbonyl (C=O) groups is 3. The normalized spacial score (nSPS) is 15.0. The molecule has 1 aliphatic heterocycles. The molecule has 31 heavy (non-hydrogen) atoms. The van der Waals surface area contributed by atoms with Crippen LogP contribution in [0.25, 0.3) is 6.08 Å². The monoisotopic (exact) mass is 663 g/mol. The van der Waals surface area contributed by atoms with Gasteiger partial charge in [0.15, 0.2) is 0 Å². The van der Waals surface area contributed by atoms with E-state index < -0.39 is 17.1 Å². The molecular weight excluding hydrogens is 644 g/mol. The van der Waals surface area contributed by atoms with E-state index in [0.29, 0.717) is 6.61 Å². The first kappa shape index (κ1) is 24.1. The van der Waals surface area contributed by atoms with Crippen molar-refractivity contribution in [3.05, 3.63) is 65.1 Å². The molecule has 2 aromatic carbocycles. The van der Waals surface area contributed by atoms with Gasteiger partial charge >= 0.3 is 5.97 Å². The molecule has 6 nitrogen and oxygen atoms in total. The number of hydrogen-bond acceptors (Lipinski definition) is 6. The zero-order chi connectivity index (χ0) is 22.5. The molecule has 0 atom stereocenters. The average molecular weight is 663 g/mol. The molecule has 2 aromatic rings. The molecule has 162 valence electrons. The summed E-state index contributed by atoms with van der Waals surface area (Å²) in [5.74, 6) is -0.326. The SMILES string of the molecule is CCOC(=O)CN1C(=O)S/C(=C/c2cc(I)c(OCc3cccc(C)c3)c(I)c2)C1=O. The minimum Gasteiger partial charge on any atom is -0.487 e. The van der Waals surface area contributed by atoms with Gasteiger partial charge in [-0.15, -0.1) is 0 Å². The molecule has 1 fully saturated rings. The predicted octanol–water partition coefficient (Wildman–Crippen LogP) is 5.38. The highest BCUT2D eigenvalue weighted by Crippen LogP contribution is 2.35. The van der Waals surface area contributed by atoms with Crippen molar-refractivity contribution in [3.8, 4) is 5.75 Å². The van der Waals surface area contributed by atoms with Crippen molar-refractivity contribution >= 4 is 80.1 Å². The van der Waals surface area contributed by atoms with Gasteiger partial charge < -0.3 is 9.47 Å². The van der Waals surface area contributed by atoms with E-state index in [1.54, 1.807) is 13.0 Å². The number of thioether (sulfide) groups is 1. The van der Waals surface area contributed by atoms with Crippen molar-refractivity contribution in [2.45, 2.75) is 20.5 Å². The van der Waals surface area contributed by atoms with Gasteiger partial charge in [0.1, 0.15) is 18.9 Å². The van der Waals surface area contributed by atoms with E-state index in [-0.39, 0.29) is 18.1 Å². The van der Waals surface area contributed by atoms with E-state index in [0.717, 1.165) is 40.7 Å². The maximum atomic E-state index is 12.6. The molecule has 0 N–H and O–H groups in total. The first-order valence-electron chi connectivity index (χ1n) is 9.37. The number of benzene rings is 2. The Balaban J connectivity index is 1.75. The quantitative estimate of drug-likeness (QED) is 0.225. The second-order valence-corrected chi connectivity index (χ2v) is 9.98. The van der Waals surface area contributed by atoms with E-state index in [2.05, 4.69) is 51.2 Å². The number of hydrogen-bond donors (Lipinski definition) is 0. The van der Waals surface area contributed by atoms with Crippen LogP contribution in [0.3, 0.4) is 0 Å². The van der Waals surface area contributed by atoms with Gasteiger partial charge in [-0.2, -0.15) is 0 Å². The number of carbonyl (C=O) groups excluding carboxylic acids is 3. The van der Waals surface area contributed by atoms with Gasteiger partial charge in [-0.3, -0.25) is 19.3 Å². The Hall–Kier alpha value is -1.60. The molecule has 0 bridgehead atoms. The highest BCUT2D eigenvalue weighted by Gasteiger charge is 2.36. The third-order valence-electron chi connectivity index (χ3n) is 4.25. The topological polar surface area (TPSA) is 72.9 Å². The Bertz CT molecular complexity index is 1050. The van der Waals surface area contributed by atoms with Crippen LogP contribution in [-0.2, 0) is 20.9 Å². The van der Waals surface area contributed by atoms with Crippen LogP contribution in [-0.4, -0.2) is 35.2 Å². The van der Waals surface area contributed by atoms with Gasteiger partial charge in [-0.1, -0.05) is 29.8 Å². The Morgan fingerprint density at radius 2 is 1.87 bits per heavy atom. The molecule has 1 aliphatic rings. The van der Waals surface area contributed by atoms with Crippen LogP contribution in [0.4, 0.5) is 4.79 Å². The van der Waals surface area contributed by atoms with Crippen molar-refractivity contribution in [1.29, 1.82) is 0 Å². The van der Waals surface area contributed by atoms with E-state index in [1.807, 2.05) is 37.3 Å². The molecule has 9 heteroatoms. The molecule has 0 aromatic heterocycles. The molecule has 1 saturated heterocycles. The lowest BCUT2D eigenvalue weighted by Gasteiger charge is -2.12. The van der Waals surface area contributed by atoms with E-state index in [4.69, 9.17) is 9.47 Å². The molecule has 1 heterocycles. The Morgan fingerprint density at radius 3 is 2.52 bits per heavy atom. The fourth-order valence-corrected chi connectivity index (χ4v) is 5.85. The standard InChI is InChI=1S/C22H19I2NO5S/c1-3-29-19(26)11-25-21(27)18(31-22(25)28)10-15-8-16(23)20(17(24)9-15)30-12-14-6-4-5-13(2)7-14/h4-10H,3,11-12H2,1-2H3/b18-10+. The fraction of sp³-hybridized carbons (Fsp3) is 0.227. The molecular formula is C22H19I2NO5S. The summed E-state index contributed by atoms with van der Waals surface area (Å²) >= 11 is 5.21. The number of halogens is 2. The van der Waals surface area contributed by atoms with Crippen molar-refractivity contribution in [1.82, 2.24) is 4.90 Å². The van der Waals surface area contributed by atoms with Crippen LogP contribution < -0.4 is 4.74 Å². The maximum Gasteiger partial charge on any atom is 0.326 e. The lowest BCUT2D eigenvalue weighted by Crippen LogP contribution is -2.34. The highest BCUT2D eigenvalue weighted by molar-refractivity contribution is 14.1. The number of imide groups is 1. The third-order valence-corrected chi connectivity index (χ3v) is 6.76. The largest absolute Gasteiger partial charge is 0.487 e. The number of nitrogens with zero attached hydrogens (tertiary/aromatic N) is 1. The first-order valence-corrected chi connectivity index (χ1v) is 12.3. The molecule has 0 aliphatic carbocycles. The van der Waals surface area contributed by atoms with E-state index in [9.17, 15) is 14.4 Å². The summed E-state index contributed by atoms with van der Waals surface area (Å²) in [5.41, 5.74) is 3.04. The summed E-state index contributed by atoms with van der Waals surface area (Å²) < 4.78 is 12.7. The van der Waals surface area contributed by atoms with Crippen LogP contribution >= 0.6 is 56.9 Å². The summed E-state index contributed by atoms with van der Waals surface area (Å²) in [6, 6.07) is 11.9. The van der Waals surface area contributed by atoms with Gasteiger partial charge in [-0.05, 0) is 100 Å². The lowest BCUT2D eigenvalue weighted by molar-refractivity contribution is -0.145. The van der Waals surface area contributed by atoms with Crippen LogP contribution in [0.15, 0.2) is 41.3 Å². The predicted molar refractivity (Wildman–Crippen MR) is 137 cm³/mol. The second-order valence-electron chi connectivity index (χ2n) is 6.66. The number of esters is 1. The summed E-state index contributed by atoms with van der Waals surface area (Å²) in [6.07, 6.45) is 1.66. The highest BCUT2D eigenvalue weighted by atomic mass is 127. The van der Waals surface area contributed by atoms with Gasteiger partial charge in [-0.25, -0.2) is 0 Å². The molecule has 0 radical (unpaired) electrons. The molecule has 0 saturated carbocycles. The third kappa shape index (κ3) is 6.22. The Morgan fingerprint density at radius 1 is 1.16 bits per heavy atom. The van der Waals surface area contributed by atoms with Crippen molar-refractivity contribution < 1.29 is 23.9 Å². The molecule has 3 rings (SSSR count). The molecule has 2 amide bonds. The van der Waals surface area contributed by atoms with Crippen LogP contribution in [0.1, 0.15) is 23.6 Å². The van der Waals surface area contributed by atoms with Gasteiger partial charge in [0.2, 0.25) is 0 Å². The second kappa shape index (κ2) is 10.8. The van der Waals surface area contributed by atoms with E-state index in [1.165, 1.54) is 5.56 Å². The summed E-state index contributed by atoms with van der Waals surface area (Å²) in [6.45, 7) is 3.99. The smallest absolute Gasteiger partial charge is 0.326 e. The summed E-state index contributed by atoms with van der Waals surface area (Å²) in [7, 11) is 0. The van der Waals surface area contributed by atoms with Crippen LogP contribution in [0.5, 0.6) is 5.75 Å². The van der Waals surface area contributed by atoms with Crippen molar-refractivity contribution in [3.63, 3.8) is 0 Å². The average Bonchev–Trinajstić information content (AvgIpc) is 2.95. The van der Waals surface area contributed by atoms with Crippen LogP contribution in [0, 0.1) is 14.1 Å². The van der Waals surface area contributed by atoms with E-state index >= 15 is 0 Å². The lowest BCUT2D eigenvalue weighted by atomic mass is 10.1. The zero-order valence-corrected chi connectivity index (χ0v) is 21.9. The fourth-order valence-electron chi connectivity index (χ4n) is 2.88. The zero-order valence-electron chi connectivity index (χ0n) is 16.8.